The minimum Gasteiger partial charge on any atom is -0.377 e. The first-order chi connectivity index (χ1) is 5.99. The molecule has 13 heavy (non-hydrogen) atoms. The first-order valence-electron chi connectivity index (χ1n) is 4.95. The van der Waals surface area contributed by atoms with Gasteiger partial charge in [0.25, 0.3) is 0 Å². The highest BCUT2D eigenvalue weighted by atomic mass is 16.5. The van der Waals surface area contributed by atoms with Crippen LogP contribution in [-0.4, -0.2) is 31.5 Å². The van der Waals surface area contributed by atoms with Crippen LogP contribution in [0, 0.1) is 0 Å². The fourth-order valence-corrected chi connectivity index (χ4v) is 1.00. The van der Waals surface area contributed by atoms with Crippen LogP contribution in [0.5, 0.6) is 0 Å². The summed E-state index contributed by atoms with van der Waals surface area (Å²) in [5.74, 6) is 0. The predicted octanol–water partition coefficient (Wildman–Crippen LogP) is 1.56. The highest BCUT2D eigenvalue weighted by Crippen LogP contribution is 2.08. The standard InChI is InChI=1S/C10H23NO2/c1-5-12-9(8-11)6-7-13-10(2,3)4/h9H,5-8,11H2,1-4H3. The molecule has 3 heteroatoms. The molecular weight excluding hydrogens is 166 g/mol. The molecule has 80 valence electrons. The molecule has 0 heterocycles. The highest BCUT2D eigenvalue weighted by Gasteiger charge is 2.12. The smallest absolute Gasteiger partial charge is 0.0719 e. The summed E-state index contributed by atoms with van der Waals surface area (Å²) in [4.78, 5) is 0. The second-order valence-electron chi connectivity index (χ2n) is 4.06. The number of hydrogen-bond acceptors (Lipinski definition) is 3. The average Bonchev–Trinajstić information content (AvgIpc) is 2.01. The lowest BCUT2D eigenvalue weighted by Crippen LogP contribution is -2.28. The van der Waals surface area contributed by atoms with Crippen molar-refractivity contribution in [1.82, 2.24) is 0 Å². The normalized spacial score (nSPS) is 14.5. The molecular formula is C10H23NO2. The van der Waals surface area contributed by atoms with Crippen LogP contribution in [0.3, 0.4) is 0 Å². The first kappa shape index (κ1) is 12.9. The molecule has 0 bridgehead atoms. The average molecular weight is 189 g/mol. The second-order valence-corrected chi connectivity index (χ2v) is 4.06. The highest BCUT2D eigenvalue weighted by molar-refractivity contribution is 4.62. The molecule has 0 aromatic rings. The molecule has 0 saturated heterocycles. The van der Waals surface area contributed by atoms with E-state index in [1.807, 2.05) is 27.7 Å². The molecule has 0 aromatic carbocycles. The molecule has 0 saturated carbocycles. The van der Waals surface area contributed by atoms with E-state index in [2.05, 4.69) is 0 Å². The molecule has 1 unspecified atom stereocenters. The molecule has 0 aliphatic rings. The molecule has 0 amide bonds. The van der Waals surface area contributed by atoms with Crippen LogP contribution >= 0.6 is 0 Å². The third kappa shape index (κ3) is 8.22. The Balaban J connectivity index is 3.49. The molecule has 3 nitrogen and oxygen atoms in total. The van der Waals surface area contributed by atoms with Crippen LogP contribution in [0.15, 0.2) is 0 Å². The van der Waals surface area contributed by atoms with Crippen LogP contribution < -0.4 is 5.73 Å². The van der Waals surface area contributed by atoms with Crippen molar-refractivity contribution < 1.29 is 9.47 Å². The van der Waals surface area contributed by atoms with Crippen molar-refractivity contribution in [2.45, 2.75) is 45.8 Å². The van der Waals surface area contributed by atoms with Gasteiger partial charge in [-0.05, 0) is 34.1 Å². The molecule has 1 atom stereocenters. The summed E-state index contributed by atoms with van der Waals surface area (Å²) in [7, 11) is 0. The maximum Gasteiger partial charge on any atom is 0.0719 e. The maximum atomic E-state index is 5.57. The van der Waals surface area contributed by atoms with Crippen molar-refractivity contribution in [3.05, 3.63) is 0 Å². The quantitative estimate of drug-likeness (QED) is 0.689. The zero-order valence-electron chi connectivity index (χ0n) is 9.30. The van der Waals surface area contributed by atoms with Crippen LogP contribution in [0.2, 0.25) is 0 Å². The Bertz CT molecular complexity index is 121. The van der Waals surface area contributed by atoms with Gasteiger partial charge in [-0.2, -0.15) is 0 Å². The molecule has 2 N–H and O–H groups in total. The van der Waals surface area contributed by atoms with E-state index in [0.717, 1.165) is 13.0 Å². The molecule has 0 aliphatic heterocycles. The minimum atomic E-state index is -0.0641. The van der Waals surface area contributed by atoms with Gasteiger partial charge >= 0.3 is 0 Å². The van der Waals surface area contributed by atoms with Gasteiger partial charge in [-0.15, -0.1) is 0 Å². The van der Waals surface area contributed by atoms with Crippen molar-refractivity contribution in [2.75, 3.05) is 19.8 Å². The molecule has 0 aliphatic carbocycles. The van der Waals surface area contributed by atoms with Crippen molar-refractivity contribution in [3.63, 3.8) is 0 Å². The van der Waals surface area contributed by atoms with Crippen molar-refractivity contribution in [2.24, 2.45) is 5.73 Å². The lowest BCUT2D eigenvalue weighted by Gasteiger charge is -2.21. The Morgan fingerprint density at radius 2 is 1.92 bits per heavy atom. The third-order valence-corrected chi connectivity index (χ3v) is 1.64. The molecule has 0 radical (unpaired) electrons. The summed E-state index contributed by atoms with van der Waals surface area (Å²) in [5.41, 5.74) is 5.46. The third-order valence-electron chi connectivity index (χ3n) is 1.64. The SMILES string of the molecule is CCOC(CN)CCOC(C)(C)C. The fraction of sp³-hybridized carbons (Fsp3) is 1.00. The van der Waals surface area contributed by atoms with Gasteiger partial charge in [-0.3, -0.25) is 0 Å². The molecule has 0 fully saturated rings. The van der Waals surface area contributed by atoms with Gasteiger partial charge in [0, 0.05) is 19.8 Å². The lowest BCUT2D eigenvalue weighted by atomic mass is 10.2. The predicted molar refractivity (Wildman–Crippen MR) is 54.8 cm³/mol. The monoisotopic (exact) mass is 189 g/mol. The summed E-state index contributed by atoms with van der Waals surface area (Å²) in [6, 6.07) is 0. The van der Waals surface area contributed by atoms with Crippen LogP contribution in [-0.2, 0) is 9.47 Å². The number of nitrogens with two attached hydrogens (primary N) is 1. The number of hydrogen-bond donors (Lipinski definition) is 1. The Hall–Kier alpha value is -0.120. The number of ether oxygens (including phenoxy) is 2. The second kappa shape index (κ2) is 6.35. The Morgan fingerprint density at radius 3 is 2.31 bits per heavy atom. The zero-order chi connectivity index (χ0) is 10.3. The largest absolute Gasteiger partial charge is 0.377 e. The van der Waals surface area contributed by atoms with E-state index in [4.69, 9.17) is 15.2 Å². The summed E-state index contributed by atoms with van der Waals surface area (Å²) in [5, 5.41) is 0. The molecule has 0 aromatic heterocycles. The van der Waals surface area contributed by atoms with E-state index in [1.54, 1.807) is 0 Å². The van der Waals surface area contributed by atoms with Gasteiger partial charge in [0.15, 0.2) is 0 Å². The van der Waals surface area contributed by atoms with E-state index < -0.39 is 0 Å². The van der Waals surface area contributed by atoms with E-state index in [-0.39, 0.29) is 11.7 Å². The van der Waals surface area contributed by atoms with Crippen LogP contribution in [0.4, 0.5) is 0 Å². The fourth-order valence-electron chi connectivity index (χ4n) is 1.00. The Morgan fingerprint density at radius 1 is 1.31 bits per heavy atom. The van der Waals surface area contributed by atoms with Gasteiger partial charge in [0.1, 0.15) is 0 Å². The lowest BCUT2D eigenvalue weighted by molar-refractivity contribution is -0.0288. The van der Waals surface area contributed by atoms with Crippen LogP contribution in [0.1, 0.15) is 34.1 Å². The first-order valence-corrected chi connectivity index (χ1v) is 4.95. The van der Waals surface area contributed by atoms with E-state index in [9.17, 15) is 0 Å². The van der Waals surface area contributed by atoms with E-state index >= 15 is 0 Å². The van der Waals surface area contributed by atoms with Gasteiger partial charge < -0.3 is 15.2 Å². The topological polar surface area (TPSA) is 44.5 Å². The van der Waals surface area contributed by atoms with E-state index in [1.165, 1.54) is 0 Å². The Labute approximate surface area is 81.6 Å². The summed E-state index contributed by atoms with van der Waals surface area (Å²) in [6.07, 6.45) is 1.02. The van der Waals surface area contributed by atoms with Gasteiger partial charge in [-0.25, -0.2) is 0 Å². The van der Waals surface area contributed by atoms with Gasteiger partial charge in [-0.1, -0.05) is 0 Å². The van der Waals surface area contributed by atoms with Gasteiger partial charge in [0.2, 0.25) is 0 Å². The zero-order valence-corrected chi connectivity index (χ0v) is 9.30. The summed E-state index contributed by atoms with van der Waals surface area (Å²) in [6.45, 7) is 10.1. The maximum absolute atomic E-state index is 5.57. The van der Waals surface area contributed by atoms with Crippen LogP contribution in [0.25, 0.3) is 0 Å². The summed E-state index contributed by atoms with van der Waals surface area (Å²) < 4.78 is 11.0. The van der Waals surface area contributed by atoms with E-state index in [0.29, 0.717) is 13.2 Å². The van der Waals surface area contributed by atoms with Crippen molar-refractivity contribution in [3.8, 4) is 0 Å². The van der Waals surface area contributed by atoms with Crippen molar-refractivity contribution in [1.29, 1.82) is 0 Å². The van der Waals surface area contributed by atoms with Crippen molar-refractivity contribution >= 4 is 0 Å². The number of rotatable bonds is 6. The summed E-state index contributed by atoms with van der Waals surface area (Å²) >= 11 is 0. The Kier molecular flexibility index (Phi) is 6.29. The van der Waals surface area contributed by atoms with Gasteiger partial charge in [0.05, 0.1) is 11.7 Å². The minimum absolute atomic E-state index is 0.0641. The molecule has 0 spiro atoms. The molecule has 0 rings (SSSR count).